The van der Waals surface area contributed by atoms with Gasteiger partial charge in [0.1, 0.15) is 13.0 Å². The SMILES string of the molecule is c1ccc(COCOC2NCCc3sccc32)cc1. The van der Waals surface area contributed by atoms with Crippen LogP contribution < -0.4 is 5.32 Å². The van der Waals surface area contributed by atoms with Crippen LogP contribution in [0.25, 0.3) is 0 Å². The molecule has 1 aromatic heterocycles. The lowest BCUT2D eigenvalue weighted by Gasteiger charge is -2.24. The second-order valence-electron chi connectivity index (χ2n) is 4.50. The van der Waals surface area contributed by atoms with Crippen LogP contribution in [0.3, 0.4) is 0 Å². The minimum Gasteiger partial charge on any atom is -0.351 e. The molecule has 0 radical (unpaired) electrons. The average molecular weight is 275 g/mol. The Hall–Kier alpha value is -1.20. The average Bonchev–Trinajstić information content (AvgIpc) is 2.94. The Bertz CT molecular complexity index is 512. The number of ether oxygens (including phenoxy) is 2. The van der Waals surface area contributed by atoms with Gasteiger partial charge >= 0.3 is 0 Å². The van der Waals surface area contributed by atoms with Crippen molar-refractivity contribution in [3.63, 3.8) is 0 Å². The summed E-state index contributed by atoms with van der Waals surface area (Å²) in [5.41, 5.74) is 2.43. The number of fused-ring (bicyclic) bond motifs is 1. The van der Waals surface area contributed by atoms with E-state index < -0.39 is 0 Å². The van der Waals surface area contributed by atoms with Crippen LogP contribution in [-0.2, 0) is 22.5 Å². The van der Waals surface area contributed by atoms with Crippen molar-refractivity contribution in [3.05, 3.63) is 57.8 Å². The molecule has 1 unspecified atom stereocenters. The normalized spacial score (nSPS) is 18.2. The fourth-order valence-electron chi connectivity index (χ4n) is 2.21. The lowest BCUT2D eigenvalue weighted by atomic mass is 10.1. The molecule has 1 aliphatic rings. The standard InChI is InChI=1S/C15H17NO2S/c1-2-4-12(5-3-1)10-17-11-18-15-13-7-9-19-14(13)6-8-16-15/h1-5,7,9,15-16H,6,8,10-11H2. The van der Waals surface area contributed by atoms with Gasteiger partial charge in [0.15, 0.2) is 0 Å². The first-order valence-electron chi connectivity index (χ1n) is 6.46. The smallest absolute Gasteiger partial charge is 0.149 e. The highest BCUT2D eigenvalue weighted by atomic mass is 32.1. The zero-order valence-corrected chi connectivity index (χ0v) is 11.5. The van der Waals surface area contributed by atoms with Gasteiger partial charge in [-0.1, -0.05) is 30.3 Å². The number of hydrogen-bond acceptors (Lipinski definition) is 4. The molecular formula is C15H17NO2S. The van der Waals surface area contributed by atoms with E-state index in [0.717, 1.165) is 13.0 Å². The molecule has 0 fully saturated rings. The largest absolute Gasteiger partial charge is 0.351 e. The van der Waals surface area contributed by atoms with Crippen LogP contribution in [0.5, 0.6) is 0 Å². The quantitative estimate of drug-likeness (QED) is 0.672. The van der Waals surface area contributed by atoms with Gasteiger partial charge < -0.3 is 9.47 Å². The minimum atomic E-state index is -0.0224. The van der Waals surface area contributed by atoms with Crippen LogP contribution in [0.15, 0.2) is 41.8 Å². The van der Waals surface area contributed by atoms with Crippen molar-refractivity contribution in [1.82, 2.24) is 5.32 Å². The van der Waals surface area contributed by atoms with Crippen molar-refractivity contribution in [2.24, 2.45) is 0 Å². The van der Waals surface area contributed by atoms with Crippen LogP contribution >= 0.6 is 11.3 Å². The van der Waals surface area contributed by atoms with E-state index in [-0.39, 0.29) is 6.23 Å². The summed E-state index contributed by atoms with van der Waals surface area (Å²) in [4.78, 5) is 1.42. The van der Waals surface area contributed by atoms with Gasteiger partial charge in [0.05, 0.1) is 6.61 Å². The number of benzene rings is 1. The number of rotatable bonds is 5. The van der Waals surface area contributed by atoms with Gasteiger partial charge in [0.2, 0.25) is 0 Å². The van der Waals surface area contributed by atoms with Crippen molar-refractivity contribution in [1.29, 1.82) is 0 Å². The molecule has 0 saturated carbocycles. The Kier molecular flexibility index (Phi) is 4.25. The van der Waals surface area contributed by atoms with E-state index in [1.165, 1.54) is 16.0 Å². The summed E-state index contributed by atoms with van der Waals surface area (Å²) in [7, 11) is 0. The topological polar surface area (TPSA) is 30.5 Å². The van der Waals surface area contributed by atoms with Crippen molar-refractivity contribution >= 4 is 11.3 Å². The van der Waals surface area contributed by atoms with Gasteiger partial charge in [-0.25, -0.2) is 0 Å². The van der Waals surface area contributed by atoms with E-state index in [9.17, 15) is 0 Å². The van der Waals surface area contributed by atoms with Gasteiger partial charge in [0.25, 0.3) is 0 Å². The zero-order chi connectivity index (χ0) is 12.9. The number of thiophene rings is 1. The fourth-order valence-corrected chi connectivity index (χ4v) is 3.12. The Labute approximate surface area is 117 Å². The fraction of sp³-hybridized carbons (Fsp3) is 0.333. The van der Waals surface area contributed by atoms with Crippen LogP contribution in [0.2, 0.25) is 0 Å². The predicted molar refractivity (Wildman–Crippen MR) is 75.9 cm³/mol. The van der Waals surface area contributed by atoms with Crippen LogP contribution in [0.4, 0.5) is 0 Å². The summed E-state index contributed by atoms with van der Waals surface area (Å²) >= 11 is 1.80. The van der Waals surface area contributed by atoms with E-state index in [1.807, 2.05) is 18.2 Å². The maximum atomic E-state index is 5.76. The lowest BCUT2D eigenvalue weighted by molar-refractivity contribution is -0.109. The summed E-state index contributed by atoms with van der Waals surface area (Å²) < 4.78 is 11.3. The van der Waals surface area contributed by atoms with Gasteiger partial charge in [-0.2, -0.15) is 0 Å². The van der Waals surface area contributed by atoms with Gasteiger partial charge in [-0.15, -0.1) is 11.3 Å². The molecule has 3 rings (SSSR count). The minimum absolute atomic E-state index is 0.0224. The monoisotopic (exact) mass is 275 g/mol. The summed E-state index contributed by atoms with van der Waals surface area (Å²) in [6, 6.07) is 12.3. The predicted octanol–water partition coefficient (Wildman–Crippen LogP) is 3.08. The molecule has 1 aliphatic heterocycles. The van der Waals surface area contributed by atoms with Crippen molar-refractivity contribution in [2.45, 2.75) is 19.3 Å². The molecule has 19 heavy (non-hydrogen) atoms. The van der Waals surface area contributed by atoms with E-state index >= 15 is 0 Å². The molecule has 3 nitrogen and oxygen atoms in total. The van der Waals surface area contributed by atoms with Crippen molar-refractivity contribution < 1.29 is 9.47 Å². The highest BCUT2D eigenvalue weighted by Gasteiger charge is 2.20. The molecule has 1 aromatic carbocycles. The molecule has 2 aromatic rings. The molecule has 0 saturated heterocycles. The third kappa shape index (κ3) is 3.22. The van der Waals surface area contributed by atoms with Crippen molar-refractivity contribution in [2.75, 3.05) is 13.3 Å². The molecule has 0 bridgehead atoms. The molecule has 4 heteroatoms. The second kappa shape index (κ2) is 6.30. The molecule has 1 atom stereocenters. The van der Waals surface area contributed by atoms with Gasteiger partial charge in [0, 0.05) is 17.0 Å². The molecule has 100 valence electrons. The van der Waals surface area contributed by atoms with E-state index in [4.69, 9.17) is 9.47 Å². The third-order valence-electron chi connectivity index (χ3n) is 3.17. The highest BCUT2D eigenvalue weighted by molar-refractivity contribution is 7.10. The first-order chi connectivity index (χ1) is 9.43. The van der Waals surface area contributed by atoms with Crippen LogP contribution in [-0.4, -0.2) is 13.3 Å². The first kappa shape index (κ1) is 12.8. The Morgan fingerprint density at radius 1 is 1.21 bits per heavy atom. The van der Waals surface area contributed by atoms with E-state index in [1.54, 1.807) is 11.3 Å². The summed E-state index contributed by atoms with van der Waals surface area (Å²) in [5.74, 6) is 0. The van der Waals surface area contributed by atoms with E-state index in [0.29, 0.717) is 13.4 Å². The third-order valence-corrected chi connectivity index (χ3v) is 4.17. The van der Waals surface area contributed by atoms with Crippen LogP contribution in [0.1, 0.15) is 22.2 Å². The maximum Gasteiger partial charge on any atom is 0.149 e. The molecule has 2 heterocycles. The number of hydrogen-bond donors (Lipinski definition) is 1. The maximum absolute atomic E-state index is 5.76. The van der Waals surface area contributed by atoms with E-state index in [2.05, 4.69) is 28.9 Å². The van der Waals surface area contributed by atoms with Gasteiger partial charge in [-0.3, -0.25) is 5.32 Å². The van der Waals surface area contributed by atoms with Gasteiger partial charge in [-0.05, 0) is 23.4 Å². The first-order valence-corrected chi connectivity index (χ1v) is 7.34. The molecule has 0 aliphatic carbocycles. The second-order valence-corrected chi connectivity index (χ2v) is 5.50. The molecular weight excluding hydrogens is 258 g/mol. The Morgan fingerprint density at radius 3 is 3.00 bits per heavy atom. The zero-order valence-electron chi connectivity index (χ0n) is 10.7. The molecule has 0 amide bonds. The Morgan fingerprint density at radius 2 is 2.11 bits per heavy atom. The van der Waals surface area contributed by atoms with Crippen LogP contribution in [0, 0.1) is 0 Å². The Balaban J connectivity index is 1.46. The molecule has 0 spiro atoms. The summed E-state index contributed by atoms with van der Waals surface area (Å²) in [5, 5.41) is 5.49. The molecule has 1 N–H and O–H groups in total. The van der Waals surface area contributed by atoms with Crippen molar-refractivity contribution in [3.8, 4) is 0 Å². The highest BCUT2D eigenvalue weighted by Crippen LogP contribution is 2.28. The number of nitrogens with one attached hydrogen (secondary N) is 1. The summed E-state index contributed by atoms with van der Waals surface area (Å²) in [6.07, 6.45) is 1.07. The lowest BCUT2D eigenvalue weighted by Crippen LogP contribution is -2.31. The summed E-state index contributed by atoms with van der Waals surface area (Å²) in [6.45, 7) is 1.86.